The maximum absolute atomic E-state index is 12.1. The van der Waals surface area contributed by atoms with Crippen molar-refractivity contribution in [2.24, 2.45) is 0 Å². The number of amides is 1. The Kier molecular flexibility index (Phi) is 4.90. The highest BCUT2D eigenvalue weighted by atomic mass is 16.5. The monoisotopic (exact) mass is 314 g/mol. The van der Waals surface area contributed by atoms with Crippen molar-refractivity contribution >= 4 is 5.91 Å². The Bertz CT molecular complexity index is 664. The zero-order valence-electron chi connectivity index (χ0n) is 13.4. The Hall–Kier alpha value is -2.37. The lowest BCUT2D eigenvalue weighted by atomic mass is 10.2. The van der Waals surface area contributed by atoms with Gasteiger partial charge >= 0.3 is 0 Å². The second-order valence-electron chi connectivity index (χ2n) is 5.73. The molecule has 0 spiro atoms. The number of aromatic nitrogens is 3. The van der Waals surface area contributed by atoms with E-state index in [0.29, 0.717) is 18.5 Å². The van der Waals surface area contributed by atoms with Crippen LogP contribution >= 0.6 is 0 Å². The lowest BCUT2D eigenvalue weighted by molar-refractivity contribution is 0.0954. The van der Waals surface area contributed by atoms with Gasteiger partial charge in [-0.1, -0.05) is 6.42 Å². The standard InChI is InChI=1S/C17H22N4O2/c1-23-14-8-6-13(7-9-14)17(22)18-11-10-16-20-19-15-5-3-2-4-12-21(15)16/h6-9H,2-5,10-12H2,1H3,(H,18,22). The molecule has 1 aliphatic rings. The van der Waals surface area contributed by atoms with E-state index < -0.39 is 0 Å². The van der Waals surface area contributed by atoms with Gasteiger partial charge in [-0.2, -0.15) is 0 Å². The molecule has 0 fully saturated rings. The Balaban J connectivity index is 1.54. The first-order chi connectivity index (χ1) is 11.3. The van der Waals surface area contributed by atoms with E-state index in [4.69, 9.17) is 4.74 Å². The summed E-state index contributed by atoms with van der Waals surface area (Å²) in [5.74, 6) is 2.71. The molecular formula is C17H22N4O2. The molecule has 1 aliphatic heterocycles. The molecule has 6 nitrogen and oxygen atoms in total. The summed E-state index contributed by atoms with van der Waals surface area (Å²) in [7, 11) is 1.61. The first-order valence-corrected chi connectivity index (χ1v) is 8.11. The van der Waals surface area contributed by atoms with Crippen molar-refractivity contribution < 1.29 is 9.53 Å². The summed E-state index contributed by atoms with van der Waals surface area (Å²) in [6.45, 7) is 1.55. The SMILES string of the molecule is COc1ccc(C(=O)NCCc2nnc3n2CCCCC3)cc1. The van der Waals surface area contributed by atoms with Gasteiger partial charge in [0, 0.05) is 31.5 Å². The van der Waals surface area contributed by atoms with Crippen LogP contribution in [-0.2, 0) is 19.4 Å². The minimum absolute atomic E-state index is 0.0803. The van der Waals surface area contributed by atoms with Crippen LogP contribution in [0.15, 0.2) is 24.3 Å². The summed E-state index contributed by atoms with van der Waals surface area (Å²) >= 11 is 0. The van der Waals surface area contributed by atoms with Crippen molar-refractivity contribution in [2.75, 3.05) is 13.7 Å². The molecule has 0 bridgehead atoms. The van der Waals surface area contributed by atoms with Gasteiger partial charge in [0.05, 0.1) is 7.11 Å². The highest BCUT2D eigenvalue weighted by Crippen LogP contribution is 2.14. The van der Waals surface area contributed by atoms with Gasteiger partial charge in [0.15, 0.2) is 0 Å². The molecule has 0 atom stereocenters. The third-order valence-corrected chi connectivity index (χ3v) is 4.17. The number of carbonyl (C=O) groups is 1. The van der Waals surface area contributed by atoms with Crippen LogP contribution in [0.5, 0.6) is 5.75 Å². The van der Waals surface area contributed by atoms with Crippen molar-refractivity contribution in [3.05, 3.63) is 41.5 Å². The molecule has 0 aliphatic carbocycles. The topological polar surface area (TPSA) is 69.0 Å². The average molecular weight is 314 g/mol. The Morgan fingerprint density at radius 1 is 1.22 bits per heavy atom. The molecule has 0 radical (unpaired) electrons. The molecule has 1 amide bonds. The highest BCUT2D eigenvalue weighted by molar-refractivity contribution is 5.94. The Morgan fingerprint density at radius 3 is 2.83 bits per heavy atom. The van der Waals surface area contributed by atoms with E-state index in [1.165, 1.54) is 19.3 Å². The smallest absolute Gasteiger partial charge is 0.251 e. The number of hydrogen-bond acceptors (Lipinski definition) is 4. The van der Waals surface area contributed by atoms with E-state index in [9.17, 15) is 4.79 Å². The second kappa shape index (κ2) is 7.26. The van der Waals surface area contributed by atoms with E-state index in [1.54, 1.807) is 31.4 Å². The number of nitrogens with zero attached hydrogens (tertiary/aromatic N) is 3. The van der Waals surface area contributed by atoms with Gasteiger partial charge in [-0.05, 0) is 37.1 Å². The second-order valence-corrected chi connectivity index (χ2v) is 5.73. The molecule has 1 N–H and O–H groups in total. The normalized spacial score (nSPS) is 14.0. The predicted molar refractivity (Wildman–Crippen MR) is 86.6 cm³/mol. The minimum Gasteiger partial charge on any atom is -0.497 e. The largest absolute Gasteiger partial charge is 0.497 e. The number of nitrogens with one attached hydrogen (secondary N) is 1. The summed E-state index contributed by atoms with van der Waals surface area (Å²) in [6.07, 6.45) is 5.32. The zero-order valence-corrected chi connectivity index (χ0v) is 13.4. The summed E-state index contributed by atoms with van der Waals surface area (Å²) in [6, 6.07) is 7.09. The molecule has 0 saturated carbocycles. The average Bonchev–Trinajstić information content (AvgIpc) is 2.82. The first kappa shape index (κ1) is 15.5. The summed E-state index contributed by atoms with van der Waals surface area (Å²) in [5, 5.41) is 11.5. The Morgan fingerprint density at radius 2 is 2.04 bits per heavy atom. The molecule has 3 rings (SSSR count). The van der Waals surface area contributed by atoms with Gasteiger partial charge in [-0.15, -0.1) is 10.2 Å². The van der Waals surface area contributed by atoms with Crippen LogP contribution in [0.1, 0.15) is 41.3 Å². The third kappa shape index (κ3) is 3.70. The van der Waals surface area contributed by atoms with Gasteiger partial charge in [-0.3, -0.25) is 4.79 Å². The molecular weight excluding hydrogens is 292 g/mol. The highest BCUT2D eigenvalue weighted by Gasteiger charge is 2.14. The molecule has 122 valence electrons. The van der Waals surface area contributed by atoms with Crippen LogP contribution in [0.2, 0.25) is 0 Å². The fourth-order valence-corrected chi connectivity index (χ4v) is 2.86. The maximum Gasteiger partial charge on any atom is 0.251 e. The summed E-state index contributed by atoms with van der Waals surface area (Å²) in [4.78, 5) is 12.1. The quantitative estimate of drug-likeness (QED) is 0.916. The van der Waals surface area contributed by atoms with Crippen LogP contribution in [0.4, 0.5) is 0 Å². The molecule has 0 saturated heterocycles. The molecule has 23 heavy (non-hydrogen) atoms. The lowest BCUT2D eigenvalue weighted by Gasteiger charge is -2.08. The van der Waals surface area contributed by atoms with Crippen molar-refractivity contribution in [3.63, 3.8) is 0 Å². The van der Waals surface area contributed by atoms with Crippen LogP contribution < -0.4 is 10.1 Å². The van der Waals surface area contributed by atoms with Gasteiger partial charge in [-0.25, -0.2) is 0 Å². The number of benzene rings is 1. The van der Waals surface area contributed by atoms with Gasteiger partial charge in [0.2, 0.25) is 0 Å². The van der Waals surface area contributed by atoms with E-state index in [-0.39, 0.29) is 5.91 Å². The number of aryl methyl sites for hydroxylation is 1. The molecule has 0 unspecified atom stereocenters. The number of carbonyl (C=O) groups excluding carboxylic acids is 1. The van der Waals surface area contributed by atoms with Crippen molar-refractivity contribution in [2.45, 2.75) is 38.6 Å². The molecule has 1 aromatic heterocycles. The zero-order chi connectivity index (χ0) is 16.1. The third-order valence-electron chi connectivity index (χ3n) is 4.17. The van der Waals surface area contributed by atoms with E-state index in [1.807, 2.05) is 0 Å². The van der Waals surface area contributed by atoms with Crippen LogP contribution in [0, 0.1) is 0 Å². The summed E-state index contributed by atoms with van der Waals surface area (Å²) < 4.78 is 7.31. The van der Waals surface area contributed by atoms with Crippen molar-refractivity contribution in [1.29, 1.82) is 0 Å². The summed E-state index contributed by atoms with van der Waals surface area (Å²) in [5.41, 5.74) is 0.630. The van der Waals surface area contributed by atoms with Crippen molar-refractivity contribution in [3.8, 4) is 5.75 Å². The van der Waals surface area contributed by atoms with Crippen LogP contribution in [0.3, 0.4) is 0 Å². The van der Waals surface area contributed by atoms with Crippen LogP contribution in [0.25, 0.3) is 0 Å². The van der Waals surface area contributed by atoms with E-state index in [0.717, 1.165) is 30.4 Å². The van der Waals surface area contributed by atoms with Crippen molar-refractivity contribution in [1.82, 2.24) is 20.1 Å². The molecule has 2 aromatic rings. The maximum atomic E-state index is 12.1. The van der Waals surface area contributed by atoms with E-state index >= 15 is 0 Å². The van der Waals surface area contributed by atoms with E-state index in [2.05, 4.69) is 20.1 Å². The molecule has 1 aromatic carbocycles. The predicted octanol–water partition coefficient (Wildman–Crippen LogP) is 1.99. The molecule has 2 heterocycles. The number of hydrogen-bond donors (Lipinski definition) is 1. The Labute approximate surface area is 135 Å². The van der Waals surface area contributed by atoms with Gasteiger partial charge in [0.25, 0.3) is 5.91 Å². The minimum atomic E-state index is -0.0803. The fourth-order valence-electron chi connectivity index (χ4n) is 2.86. The van der Waals surface area contributed by atoms with Gasteiger partial charge in [0.1, 0.15) is 17.4 Å². The number of fused-ring (bicyclic) bond motifs is 1. The lowest BCUT2D eigenvalue weighted by Crippen LogP contribution is -2.26. The van der Waals surface area contributed by atoms with Gasteiger partial charge < -0.3 is 14.6 Å². The van der Waals surface area contributed by atoms with Crippen LogP contribution in [-0.4, -0.2) is 34.3 Å². The fraction of sp³-hybridized carbons (Fsp3) is 0.471. The number of methoxy groups -OCH3 is 1. The molecule has 6 heteroatoms. The number of rotatable bonds is 5. The number of ether oxygens (including phenoxy) is 1. The first-order valence-electron chi connectivity index (χ1n) is 8.11.